The highest BCUT2D eigenvalue weighted by molar-refractivity contribution is 6.29. The van der Waals surface area contributed by atoms with E-state index in [-0.39, 0.29) is 17.5 Å². The molecule has 5 nitrogen and oxygen atoms in total. The van der Waals surface area contributed by atoms with E-state index in [1.165, 1.54) is 12.1 Å². The Morgan fingerprint density at radius 3 is 2.58 bits per heavy atom. The maximum absolute atomic E-state index is 13.1. The zero-order valence-electron chi connectivity index (χ0n) is 14.3. The molecule has 2 aromatic rings. The number of esters is 1. The van der Waals surface area contributed by atoms with E-state index in [4.69, 9.17) is 14.6 Å². The lowest BCUT2D eigenvalue weighted by atomic mass is 9.86. The first-order chi connectivity index (χ1) is 12.3. The van der Waals surface area contributed by atoms with Crippen LogP contribution in [0.3, 0.4) is 0 Å². The Morgan fingerprint density at radius 1 is 1.23 bits per heavy atom. The Balaban J connectivity index is 1.92. The van der Waals surface area contributed by atoms with Crippen LogP contribution in [0.4, 0.5) is 4.39 Å². The summed E-state index contributed by atoms with van der Waals surface area (Å²) in [6.07, 6.45) is 2.17. The minimum Gasteiger partial charge on any atom is -0.473 e. The molecule has 1 aliphatic heterocycles. The molecule has 2 aromatic carbocycles. The van der Waals surface area contributed by atoms with Gasteiger partial charge < -0.3 is 14.6 Å². The number of allylic oxidation sites excluding steroid dienone is 1. The van der Waals surface area contributed by atoms with Gasteiger partial charge in [-0.25, -0.2) is 14.0 Å². The number of fused-ring (bicyclic) bond motifs is 1. The maximum Gasteiger partial charge on any atom is 0.422 e. The molecule has 0 radical (unpaired) electrons. The van der Waals surface area contributed by atoms with Gasteiger partial charge in [0.25, 0.3) is 0 Å². The van der Waals surface area contributed by atoms with E-state index in [1.807, 2.05) is 6.92 Å². The number of benzene rings is 2. The van der Waals surface area contributed by atoms with Crippen molar-refractivity contribution in [3.63, 3.8) is 0 Å². The average Bonchev–Trinajstić information content (AvgIpc) is 2.58. The molecular formula is C20H17FO5. The number of aliphatic carboxylic acids is 1. The number of halogens is 1. The van der Waals surface area contributed by atoms with Crippen LogP contribution in [-0.4, -0.2) is 17.0 Å². The number of aryl methyl sites for hydroxylation is 1. The molecule has 1 unspecified atom stereocenters. The second-order valence-corrected chi connectivity index (χ2v) is 6.21. The van der Waals surface area contributed by atoms with Crippen LogP contribution in [0.15, 0.2) is 48.2 Å². The van der Waals surface area contributed by atoms with Crippen molar-refractivity contribution in [3.8, 4) is 11.5 Å². The van der Waals surface area contributed by atoms with Gasteiger partial charge in [0.1, 0.15) is 17.3 Å². The number of ether oxygens (including phenoxy) is 2. The molecule has 0 aliphatic carbocycles. The molecule has 26 heavy (non-hydrogen) atoms. The van der Waals surface area contributed by atoms with Crippen LogP contribution in [0.2, 0.25) is 0 Å². The van der Waals surface area contributed by atoms with Gasteiger partial charge in [0.2, 0.25) is 0 Å². The molecule has 1 N–H and O–H groups in total. The number of carbonyl (C=O) groups is 2. The molecule has 1 aliphatic rings. The lowest BCUT2D eigenvalue weighted by Gasteiger charge is -2.26. The van der Waals surface area contributed by atoms with E-state index in [1.54, 1.807) is 37.5 Å². The van der Waals surface area contributed by atoms with Crippen LogP contribution < -0.4 is 9.47 Å². The summed E-state index contributed by atoms with van der Waals surface area (Å²) < 4.78 is 23.8. The predicted molar refractivity (Wildman–Crippen MR) is 91.7 cm³/mol. The van der Waals surface area contributed by atoms with Crippen LogP contribution in [-0.2, 0) is 16.0 Å². The Bertz CT molecular complexity index is 899. The third-order valence-electron chi connectivity index (χ3n) is 4.27. The monoisotopic (exact) mass is 356 g/mol. The molecule has 0 saturated heterocycles. The van der Waals surface area contributed by atoms with Crippen LogP contribution >= 0.6 is 0 Å². The van der Waals surface area contributed by atoms with Crippen molar-refractivity contribution in [1.29, 1.82) is 0 Å². The molecular weight excluding hydrogens is 339 g/mol. The summed E-state index contributed by atoms with van der Waals surface area (Å²) in [6.45, 7) is 3.72. The van der Waals surface area contributed by atoms with Gasteiger partial charge in [0.15, 0.2) is 0 Å². The normalized spacial score (nSPS) is 15.5. The second kappa shape index (κ2) is 7.00. The maximum atomic E-state index is 13.1. The highest BCUT2D eigenvalue weighted by Gasteiger charge is 2.28. The standard InChI is InChI=1S/C20H17FO5/c1-11-7-16-18(17(8-11)26-20(24)19(22)23)12(2)14(10-25-16)9-13-3-5-15(21)6-4-13/h3-8,10,12H,9H2,1-2H3,(H,22,23). The van der Waals surface area contributed by atoms with Crippen molar-refractivity contribution in [3.05, 3.63) is 70.7 Å². The number of hydrogen-bond acceptors (Lipinski definition) is 4. The Kier molecular flexibility index (Phi) is 4.75. The van der Waals surface area contributed by atoms with Gasteiger partial charge in [0, 0.05) is 11.5 Å². The fourth-order valence-corrected chi connectivity index (χ4v) is 2.94. The fraction of sp³-hybridized carbons (Fsp3) is 0.200. The first kappa shape index (κ1) is 17.7. The van der Waals surface area contributed by atoms with Crippen molar-refractivity contribution in [1.82, 2.24) is 0 Å². The predicted octanol–water partition coefficient (Wildman–Crippen LogP) is 3.75. The second-order valence-electron chi connectivity index (χ2n) is 6.21. The number of carboxylic acids is 1. The van der Waals surface area contributed by atoms with Crippen molar-refractivity contribution in [2.45, 2.75) is 26.2 Å². The molecule has 134 valence electrons. The van der Waals surface area contributed by atoms with Crippen molar-refractivity contribution in [2.75, 3.05) is 0 Å². The zero-order valence-corrected chi connectivity index (χ0v) is 14.3. The molecule has 0 spiro atoms. The van der Waals surface area contributed by atoms with Gasteiger partial charge in [-0.1, -0.05) is 19.1 Å². The van der Waals surface area contributed by atoms with E-state index >= 15 is 0 Å². The Labute approximate surface area is 149 Å². The summed E-state index contributed by atoms with van der Waals surface area (Å²) >= 11 is 0. The highest BCUT2D eigenvalue weighted by Crippen LogP contribution is 2.43. The zero-order chi connectivity index (χ0) is 18.8. The van der Waals surface area contributed by atoms with E-state index in [2.05, 4.69) is 0 Å². The van der Waals surface area contributed by atoms with Crippen molar-refractivity contribution >= 4 is 11.9 Å². The minimum atomic E-state index is -1.66. The van der Waals surface area contributed by atoms with E-state index in [0.29, 0.717) is 17.7 Å². The van der Waals surface area contributed by atoms with Crippen LogP contribution in [0.5, 0.6) is 11.5 Å². The molecule has 0 amide bonds. The van der Waals surface area contributed by atoms with Gasteiger partial charge in [-0.05, 0) is 54.3 Å². The summed E-state index contributed by atoms with van der Waals surface area (Å²) in [7, 11) is 0. The largest absolute Gasteiger partial charge is 0.473 e. The van der Waals surface area contributed by atoms with Gasteiger partial charge >= 0.3 is 11.9 Å². The summed E-state index contributed by atoms with van der Waals surface area (Å²) in [5, 5.41) is 8.80. The molecule has 0 fully saturated rings. The van der Waals surface area contributed by atoms with Gasteiger partial charge in [-0.3, -0.25) is 0 Å². The van der Waals surface area contributed by atoms with Crippen LogP contribution in [0.25, 0.3) is 0 Å². The minimum absolute atomic E-state index is 0.166. The smallest absolute Gasteiger partial charge is 0.422 e. The van der Waals surface area contributed by atoms with Crippen molar-refractivity contribution < 1.29 is 28.6 Å². The highest BCUT2D eigenvalue weighted by atomic mass is 19.1. The van der Waals surface area contributed by atoms with E-state index in [0.717, 1.165) is 16.7 Å². The van der Waals surface area contributed by atoms with E-state index < -0.39 is 11.9 Å². The van der Waals surface area contributed by atoms with Gasteiger partial charge in [-0.2, -0.15) is 0 Å². The van der Waals surface area contributed by atoms with Crippen LogP contribution in [0.1, 0.15) is 29.5 Å². The molecule has 0 saturated carbocycles. The van der Waals surface area contributed by atoms with Gasteiger partial charge in [0.05, 0.1) is 6.26 Å². The first-order valence-electron chi connectivity index (χ1n) is 8.05. The molecule has 0 aromatic heterocycles. The summed E-state index contributed by atoms with van der Waals surface area (Å²) in [5.41, 5.74) is 3.21. The third-order valence-corrected chi connectivity index (χ3v) is 4.27. The summed E-state index contributed by atoms with van der Waals surface area (Å²) in [6, 6.07) is 9.58. The Morgan fingerprint density at radius 2 is 1.92 bits per heavy atom. The quantitative estimate of drug-likeness (QED) is 0.515. The molecule has 1 heterocycles. The van der Waals surface area contributed by atoms with Crippen molar-refractivity contribution in [2.24, 2.45) is 0 Å². The third kappa shape index (κ3) is 3.59. The molecule has 3 rings (SSSR count). The first-order valence-corrected chi connectivity index (χ1v) is 8.05. The summed E-state index contributed by atoms with van der Waals surface area (Å²) in [4.78, 5) is 22.3. The van der Waals surface area contributed by atoms with E-state index in [9.17, 15) is 14.0 Å². The molecule has 6 heteroatoms. The summed E-state index contributed by atoms with van der Waals surface area (Å²) in [5.74, 6) is -2.79. The lowest BCUT2D eigenvalue weighted by Crippen LogP contribution is -2.21. The number of hydrogen-bond donors (Lipinski definition) is 1. The SMILES string of the molecule is Cc1cc2c(c(OC(=O)C(=O)O)c1)C(C)C(Cc1ccc(F)cc1)=CO2. The topological polar surface area (TPSA) is 72.8 Å². The number of carboxylic acid groups (broad SMARTS) is 1. The molecule has 1 atom stereocenters. The lowest BCUT2D eigenvalue weighted by molar-refractivity contribution is -0.158. The Hall–Kier alpha value is -3.15. The average molecular weight is 356 g/mol. The molecule has 0 bridgehead atoms. The number of carbonyl (C=O) groups excluding carboxylic acids is 1. The van der Waals surface area contributed by atoms with Gasteiger partial charge in [-0.15, -0.1) is 0 Å². The fourth-order valence-electron chi connectivity index (χ4n) is 2.94. The van der Waals surface area contributed by atoms with Crippen LogP contribution in [0, 0.1) is 12.7 Å². The number of rotatable bonds is 3.